The van der Waals surface area contributed by atoms with Gasteiger partial charge in [-0.15, -0.1) is 0 Å². The molecule has 0 bridgehead atoms. The first-order chi connectivity index (χ1) is 15.9. The van der Waals surface area contributed by atoms with E-state index in [1.165, 1.54) is 43.7 Å². The van der Waals surface area contributed by atoms with E-state index in [0.717, 1.165) is 6.20 Å². The predicted octanol–water partition coefficient (Wildman–Crippen LogP) is 3.39. The minimum absolute atomic E-state index is 0.139. The normalized spacial score (nSPS) is 10.6. The van der Waals surface area contributed by atoms with Gasteiger partial charge >= 0.3 is 0 Å². The summed E-state index contributed by atoms with van der Waals surface area (Å²) in [7, 11) is 1.43. The molecule has 1 heterocycles. The van der Waals surface area contributed by atoms with Crippen LogP contribution in [-0.4, -0.2) is 34.1 Å². The lowest BCUT2D eigenvalue weighted by atomic mass is 10.1. The molecule has 3 rings (SSSR count). The lowest BCUT2D eigenvalue weighted by molar-refractivity contribution is -0.385. The third-order valence-corrected chi connectivity index (χ3v) is 4.28. The Morgan fingerprint density at radius 3 is 2.55 bits per heavy atom. The zero-order valence-electron chi connectivity index (χ0n) is 17.2. The van der Waals surface area contributed by atoms with E-state index in [1.54, 1.807) is 24.3 Å². The van der Waals surface area contributed by atoms with Gasteiger partial charge in [0.2, 0.25) is 11.8 Å². The maximum atomic E-state index is 12.1. The number of rotatable bonds is 9. The number of para-hydroxylation sites is 1. The number of hydrogen-bond acceptors (Lipinski definition) is 9. The number of nitrogens with one attached hydrogen (secondary N) is 1. The molecule has 0 saturated carbocycles. The average molecular weight is 451 g/mol. The number of nitro groups is 2. The number of ether oxygens (including phenoxy) is 2. The number of nitrogens with zero attached hydrogens (tertiary/aromatic N) is 4. The van der Waals surface area contributed by atoms with Crippen molar-refractivity contribution < 1.29 is 24.1 Å². The largest absolute Gasteiger partial charge is 0.493 e. The standard InChI is InChI=1S/C21H17N5O7/c1-32-19-10-14(6-8-18(19)33-21-9-7-16(13-22-21)25(28)29)12-23-24-20(27)11-15-4-2-3-5-17(15)26(30)31/h2-10,12-13H,11H2,1H3,(H,24,27)/b23-12+. The molecule has 0 radical (unpaired) electrons. The van der Waals surface area contributed by atoms with Crippen molar-refractivity contribution in [3.8, 4) is 17.4 Å². The van der Waals surface area contributed by atoms with E-state index in [1.807, 2.05) is 0 Å². The molecule has 0 aliphatic heterocycles. The van der Waals surface area contributed by atoms with Crippen molar-refractivity contribution in [1.82, 2.24) is 10.4 Å². The van der Waals surface area contributed by atoms with E-state index in [4.69, 9.17) is 9.47 Å². The Labute approximate surface area is 186 Å². The van der Waals surface area contributed by atoms with Crippen LogP contribution in [0.15, 0.2) is 65.9 Å². The summed E-state index contributed by atoms with van der Waals surface area (Å²) in [6, 6.07) is 13.4. The summed E-state index contributed by atoms with van der Waals surface area (Å²) in [4.78, 5) is 36.6. The smallest absolute Gasteiger partial charge is 0.287 e. The van der Waals surface area contributed by atoms with Crippen LogP contribution in [0, 0.1) is 20.2 Å². The molecule has 1 amide bonds. The number of benzene rings is 2. The summed E-state index contributed by atoms with van der Waals surface area (Å²) in [6.45, 7) is 0. The highest BCUT2D eigenvalue weighted by molar-refractivity contribution is 5.84. The third-order valence-electron chi connectivity index (χ3n) is 4.28. The molecule has 12 nitrogen and oxygen atoms in total. The summed E-state index contributed by atoms with van der Waals surface area (Å²) in [5.41, 5.74) is 2.87. The molecule has 3 aromatic rings. The molecule has 0 aliphatic rings. The first-order valence-electron chi connectivity index (χ1n) is 9.38. The Hall–Kier alpha value is -4.87. The number of pyridine rings is 1. The van der Waals surface area contributed by atoms with Crippen molar-refractivity contribution in [1.29, 1.82) is 0 Å². The SMILES string of the molecule is COc1cc(/C=N/NC(=O)Cc2ccccc2[N+](=O)[O-])ccc1Oc1ccc([N+](=O)[O-])cn1. The van der Waals surface area contributed by atoms with E-state index in [2.05, 4.69) is 15.5 Å². The van der Waals surface area contributed by atoms with Crippen LogP contribution in [0.1, 0.15) is 11.1 Å². The Morgan fingerprint density at radius 2 is 1.88 bits per heavy atom. The fraction of sp³-hybridized carbons (Fsp3) is 0.0952. The Kier molecular flexibility index (Phi) is 7.21. The predicted molar refractivity (Wildman–Crippen MR) is 116 cm³/mol. The van der Waals surface area contributed by atoms with Crippen molar-refractivity contribution in [2.75, 3.05) is 7.11 Å². The van der Waals surface area contributed by atoms with Crippen molar-refractivity contribution in [2.24, 2.45) is 5.10 Å². The third kappa shape index (κ3) is 6.07. The fourth-order valence-electron chi connectivity index (χ4n) is 2.73. The molecule has 2 aromatic carbocycles. The van der Waals surface area contributed by atoms with Crippen LogP contribution in [-0.2, 0) is 11.2 Å². The Morgan fingerprint density at radius 1 is 1.09 bits per heavy atom. The van der Waals surface area contributed by atoms with Gasteiger partial charge in [-0.2, -0.15) is 5.10 Å². The lowest BCUT2D eigenvalue weighted by Crippen LogP contribution is -2.20. The van der Waals surface area contributed by atoms with Crippen LogP contribution in [0.2, 0.25) is 0 Å². The highest BCUT2D eigenvalue weighted by atomic mass is 16.6. The molecule has 0 atom stereocenters. The van der Waals surface area contributed by atoms with Crippen LogP contribution in [0.4, 0.5) is 11.4 Å². The first-order valence-corrected chi connectivity index (χ1v) is 9.38. The highest BCUT2D eigenvalue weighted by Crippen LogP contribution is 2.31. The fourth-order valence-corrected chi connectivity index (χ4v) is 2.73. The van der Waals surface area contributed by atoms with Gasteiger partial charge in [0.15, 0.2) is 11.5 Å². The Balaban J connectivity index is 1.64. The summed E-state index contributed by atoms with van der Waals surface area (Å²) in [5.74, 6) is 0.279. The van der Waals surface area contributed by atoms with Crippen molar-refractivity contribution in [2.45, 2.75) is 6.42 Å². The molecule has 0 fully saturated rings. The van der Waals surface area contributed by atoms with Gasteiger partial charge in [-0.25, -0.2) is 10.4 Å². The van der Waals surface area contributed by atoms with Crippen LogP contribution in [0.25, 0.3) is 0 Å². The number of carbonyl (C=O) groups is 1. The average Bonchev–Trinajstić information content (AvgIpc) is 2.80. The highest BCUT2D eigenvalue weighted by Gasteiger charge is 2.15. The van der Waals surface area contributed by atoms with Gasteiger partial charge in [-0.1, -0.05) is 18.2 Å². The van der Waals surface area contributed by atoms with E-state index in [-0.39, 0.29) is 29.2 Å². The zero-order chi connectivity index (χ0) is 23.8. The number of nitro benzene ring substituents is 1. The topological polar surface area (TPSA) is 159 Å². The summed E-state index contributed by atoms with van der Waals surface area (Å²) in [6.07, 6.45) is 2.25. The lowest BCUT2D eigenvalue weighted by Gasteiger charge is -2.10. The number of carbonyl (C=O) groups excluding carboxylic acids is 1. The number of hydrazone groups is 1. The molecule has 33 heavy (non-hydrogen) atoms. The zero-order valence-corrected chi connectivity index (χ0v) is 17.2. The van der Waals surface area contributed by atoms with Crippen LogP contribution < -0.4 is 14.9 Å². The van der Waals surface area contributed by atoms with Crippen molar-refractivity contribution in [3.05, 3.63) is 92.1 Å². The van der Waals surface area contributed by atoms with E-state index < -0.39 is 15.8 Å². The van der Waals surface area contributed by atoms with E-state index in [0.29, 0.717) is 17.1 Å². The second-order valence-corrected chi connectivity index (χ2v) is 6.48. The minimum Gasteiger partial charge on any atom is -0.493 e. The maximum Gasteiger partial charge on any atom is 0.287 e. The van der Waals surface area contributed by atoms with Gasteiger partial charge in [0.05, 0.1) is 29.6 Å². The monoisotopic (exact) mass is 451 g/mol. The molecule has 0 saturated heterocycles. The molecule has 0 aliphatic carbocycles. The number of amides is 1. The molecule has 0 spiro atoms. The number of aromatic nitrogens is 1. The van der Waals surface area contributed by atoms with Crippen molar-refractivity contribution >= 4 is 23.5 Å². The summed E-state index contributed by atoms with van der Waals surface area (Å²) < 4.78 is 10.9. The van der Waals surface area contributed by atoms with Gasteiger partial charge < -0.3 is 9.47 Å². The first kappa shape index (κ1) is 22.8. The van der Waals surface area contributed by atoms with Crippen LogP contribution in [0.3, 0.4) is 0 Å². The van der Waals surface area contributed by atoms with Crippen LogP contribution >= 0.6 is 0 Å². The molecule has 1 aromatic heterocycles. The number of methoxy groups -OCH3 is 1. The van der Waals surface area contributed by atoms with E-state index in [9.17, 15) is 25.0 Å². The van der Waals surface area contributed by atoms with Gasteiger partial charge in [-0.3, -0.25) is 25.0 Å². The Bertz CT molecular complexity index is 1210. The molecule has 1 N–H and O–H groups in total. The molecule has 168 valence electrons. The van der Waals surface area contributed by atoms with Gasteiger partial charge in [0.1, 0.15) is 6.20 Å². The maximum absolute atomic E-state index is 12.1. The molecular weight excluding hydrogens is 434 g/mol. The van der Waals surface area contributed by atoms with Gasteiger partial charge in [0, 0.05) is 23.8 Å². The number of hydrogen-bond donors (Lipinski definition) is 1. The second kappa shape index (κ2) is 10.4. The van der Waals surface area contributed by atoms with E-state index >= 15 is 0 Å². The van der Waals surface area contributed by atoms with Crippen LogP contribution in [0.5, 0.6) is 17.4 Å². The molecular formula is C21H17N5O7. The second-order valence-electron chi connectivity index (χ2n) is 6.48. The summed E-state index contributed by atoms with van der Waals surface area (Å²) in [5, 5.41) is 25.6. The quantitative estimate of drug-likeness (QED) is 0.294. The van der Waals surface area contributed by atoms with Gasteiger partial charge in [0.25, 0.3) is 11.4 Å². The minimum atomic E-state index is -0.564. The van der Waals surface area contributed by atoms with Crippen molar-refractivity contribution in [3.63, 3.8) is 0 Å². The van der Waals surface area contributed by atoms with Gasteiger partial charge in [-0.05, 0) is 23.8 Å². The molecule has 12 heteroatoms. The molecule has 0 unspecified atom stereocenters. The summed E-state index contributed by atoms with van der Waals surface area (Å²) >= 11 is 0.